The molecule has 150 valence electrons. The molecule has 2 atom stereocenters. The van der Waals surface area contributed by atoms with E-state index in [2.05, 4.69) is 29.2 Å². The van der Waals surface area contributed by atoms with Crippen LogP contribution in [-0.4, -0.2) is 26.7 Å². The average molecular weight is 406 g/mol. The number of Topliss-reactive ketones (excluding diaryl/α,β-unsaturated/α-hetero) is 1. The normalized spacial score (nSPS) is 13.2. The van der Waals surface area contributed by atoms with Crippen LogP contribution in [0.25, 0.3) is 0 Å². The van der Waals surface area contributed by atoms with Crippen molar-refractivity contribution in [2.45, 2.75) is 37.9 Å². The van der Waals surface area contributed by atoms with Crippen molar-refractivity contribution >= 4 is 16.6 Å². The molecule has 0 aromatic heterocycles. The van der Waals surface area contributed by atoms with E-state index in [-0.39, 0.29) is 17.6 Å². The van der Waals surface area contributed by atoms with Crippen molar-refractivity contribution in [3.8, 4) is 0 Å². The molecule has 1 unspecified atom stereocenters. The van der Waals surface area contributed by atoms with Crippen molar-refractivity contribution in [1.29, 1.82) is 0 Å². The maximum absolute atomic E-state index is 13.0. The molecule has 0 aliphatic carbocycles. The number of hydrogen-bond acceptors (Lipinski definition) is 3. The zero-order chi connectivity index (χ0) is 20.6. The molecule has 0 radical (unpaired) electrons. The molecular weight excluding hydrogens is 378 g/mol. The number of rotatable bonds is 9. The molecule has 0 N–H and O–H groups in total. The summed E-state index contributed by atoms with van der Waals surface area (Å²) >= 11 is 0. The second kappa shape index (κ2) is 10.3. The van der Waals surface area contributed by atoms with Crippen molar-refractivity contribution in [2.75, 3.05) is 5.75 Å². The third kappa shape index (κ3) is 6.21. The summed E-state index contributed by atoms with van der Waals surface area (Å²) in [5.74, 6) is 0.0281. The quantitative estimate of drug-likeness (QED) is 0.515. The summed E-state index contributed by atoms with van der Waals surface area (Å²) in [6.07, 6.45) is 0. The Labute approximate surface area is 175 Å². The highest BCUT2D eigenvalue weighted by molar-refractivity contribution is 7.85. The Balaban J connectivity index is 1.73. The first kappa shape index (κ1) is 21.2. The Kier molecular flexibility index (Phi) is 7.50. The summed E-state index contributed by atoms with van der Waals surface area (Å²) in [6.45, 7) is 5.24. The van der Waals surface area contributed by atoms with Crippen LogP contribution in [0.15, 0.2) is 89.8 Å². The van der Waals surface area contributed by atoms with Crippen LogP contribution in [0.4, 0.5) is 0 Å². The molecule has 3 aromatic rings. The molecule has 0 spiro atoms. The molecule has 0 bridgehead atoms. The highest BCUT2D eigenvalue weighted by Gasteiger charge is 2.23. The summed E-state index contributed by atoms with van der Waals surface area (Å²) in [7, 11) is -1.33. The predicted molar refractivity (Wildman–Crippen MR) is 119 cm³/mol. The van der Waals surface area contributed by atoms with Gasteiger partial charge in [-0.05, 0) is 37.1 Å². The number of hydrogen-bond donors (Lipinski definition) is 0. The van der Waals surface area contributed by atoms with Gasteiger partial charge in [-0.3, -0.25) is 13.9 Å². The van der Waals surface area contributed by atoms with Crippen LogP contribution in [0.5, 0.6) is 0 Å². The first-order chi connectivity index (χ1) is 14.0. The third-order valence-electron chi connectivity index (χ3n) is 5.03. The van der Waals surface area contributed by atoms with Gasteiger partial charge >= 0.3 is 0 Å². The molecule has 0 aliphatic rings. The minimum Gasteiger partial charge on any atom is -0.297 e. The van der Waals surface area contributed by atoms with Gasteiger partial charge in [0.05, 0.1) is 22.6 Å². The number of carbonyl (C=O) groups excluding carboxylic acids is 1. The zero-order valence-corrected chi connectivity index (χ0v) is 17.8. The molecule has 4 heteroatoms. The summed E-state index contributed by atoms with van der Waals surface area (Å²) in [6, 6.07) is 27.5. The van der Waals surface area contributed by atoms with Crippen molar-refractivity contribution in [3.05, 3.63) is 102 Å². The van der Waals surface area contributed by atoms with Gasteiger partial charge in [0.15, 0.2) is 5.78 Å². The van der Waals surface area contributed by atoms with Gasteiger partial charge in [-0.15, -0.1) is 0 Å². The van der Waals surface area contributed by atoms with Gasteiger partial charge in [-0.25, -0.2) is 0 Å². The first-order valence-electron chi connectivity index (χ1n) is 9.82. The number of aryl methyl sites for hydroxylation is 1. The Morgan fingerprint density at radius 2 is 1.31 bits per heavy atom. The van der Waals surface area contributed by atoms with Gasteiger partial charge in [0.2, 0.25) is 0 Å². The summed E-state index contributed by atoms with van der Waals surface area (Å²) < 4.78 is 12.7. The van der Waals surface area contributed by atoms with E-state index < -0.39 is 10.8 Å². The molecule has 0 saturated heterocycles. The Hall–Kier alpha value is -2.56. The topological polar surface area (TPSA) is 37.4 Å². The lowest BCUT2D eigenvalue weighted by molar-refractivity contribution is -0.121. The molecular formula is C25H27NO2S. The van der Waals surface area contributed by atoms with E-state index in [0.29, 0.717) is 18.0 Å². The van der Waals surface area contributed by atoms with Crippen molar-refractivity contribution < 1.29 is 9.00 Å². The Bertz CT molecular complexity index is 898. The third-order valence-corrected chi connectivity index (χ3v) is 6.37. The molecule has 0 aliphatic heterocycles. The van der Waals surface area contributed by atoms with Crippen molar-refractivity contribution in [1.82, 2.24) is 4.90 Å². The number of carbonyl (C=O) groups is 1. The Morgan fingerprint density at radius 1 is 0.828 bits per heavy atom. The van der Waals surface area contributed by atoms with Crippen LogP contribution in [0.1, 0.15) is 23.6 Å². The molecule has 3 rings (SSSR count). The van der Waals surface area contributed by atoms with E-state index >= 15 is 0 Å². The molecule has 0 saturated carbocycles. The predicted octanol–water partition coefficient (Wildman–Crippen LogP) is 4.76. The number of nitrogens with zero attached hydrogens (tertiary/aromatic N) is 1. The van der Waals surface area contributed by atoms with Gasteiger partial charge in [0, 0.05) is 18.0 Å². The fraction of sp³-hybridized carbons (Fsp3) is 0.240. The van der Waals surface area contributed by atoms with E-state index in [1.54, 1.807) is 0 Å². The second-order valence-corrected chi connectivity index (χ2v) is 8.77. The molecule has 0 amide bonds. The summed E-state index contributed by atoms with van der Waals surface area (Å²) in [4.78, 5) is 15.8. The Morgan fingerprint density at radius 3 is 1.79 bits per heavy atom. The molecule has 0 fully saturated rings. The monoisotopic (exact) mass is 405 g/mol. The lowest BCUT2D eigenvalue weighted by Crippen LogP contribution is -2.40. The summed E-state index contributed by atoms with van der Waals surface area (Å²) in [5.41, 5.74) is 3.42. The first-order valence-corrected chi connectivity index (χ1v) is 11.1. The standard InChI is InChI=1S/C25H27NO2S/c1-20-13-15-24(16-14-20)29(28)19-25(27)21(2)26(17-22-9-5-3-6-10-22)18-23-11-7-4-8-12-23/h3-16,21H,17-19H2,1-2H3/t21?,29-/m1/s1. The van der Waals surface area contributed by atoms with E-state index in [9.17, 15) is 9.00 Å². The number of benzene rings is 3. The van der Waals surface area contributed by atoms with Gasteiger partial charge < -0.3 is 0 Å². The maximum atomic E-state index is 13.0. The van der Waals surface area contributed by atoms with Crippen LogP contribution in [-0.2, 0) is 28.7 Å². The van der Waals surface area contributed by atoms with E-state index in [4.69, 9.17) is 0 Å². The molecule has 3 aromatic carbocycles. The van der Waals surface area contributed by atoms with Crippen molar-refractivity contribution in [3.63, 3.8) is 0 Å². The molecule has 29 heavy (non-hydrogen) atoms. The fourth-order valence-corrected chi connectivity index (χ4v) is 4.30. The summed E-state index contributed by atoms with van der Waals surface area (Å²) in [5, 5.41) is 0. The minimum atomic E-state index is -1.33. The fourth-order valence-electron chi connectivity index (χ4n) is 3.19. The van der Waals surface area contributed by atoms with E-state index in [0.717, 1.165) is 16.7 Å². The highest BCUT2D eigenvalue weighted by atomic mass is 32.2. The van der Waals surface area contributed by atoms with Gasteiger partial charge in [0.25, 0.3) is 0 Å². The zero-order valence-electron chi connectivity index (χ0n) is 17.0. The number of ketones is 1. The second-order valence-electron chi connectivity index (χ2n) is 7.32. The van der Waals surface area contributed by atoms with Crippen LogP contribution in [0, 0.1) is 6.92 Å². The minimum absolute atomic E-state index is 0.00392. The lowest BCUT2D eigenvalue weighted by atomic mass is 10.1. The molecule has 0 heterocycles. The van der Waals surface area contributed by atoms with Crippen LogP contribution in [0.3, 0.4) is 0 Å². The largest absolute Gasteiger partial charge is 0.297 e. The smallest absolute Gasteiger partial charge is 0.162 e. The van der Waals surface area contributed by atoms with Crippen LogP contribution >= 0.6 is 0 Å². The highest BCUT2D eigenvalue weighted by Crippen LogP contribution is 2.16. The van der Waals surface area contributed by atoms with Crippen LogP contribution < -0.4 is 0 Å². The van der Waals surface area contributed by atoms with E-state index in [1.807, 2.05) is 74.5 Å². The van der Waals surface area contributed by atoms with Gasteiger partial charge in [0.1, 0.15) is 0 Å². The SMILES string of the molecule is Cc1ccc([S@](=O)CC(=O)C(C)N(Cc2ccccc2)Cc2ccccc2)cc1. The van der Waals surface area contributed by atoms with E-state index in [1.165, 1.54) is 0 Å². The van der Waals surface area contributed by atoms with Crippen molar-refractivity contribution in [2.24, 2.45) is 0 Å². The maximum Gasteiger partial charge on any atom is 0.162 e. The van der Waals surface area contributed by atoms with Gasteiger partial charge in [-0.2, -0.15) is 0 Å². The van der Waals surface area contributed by atoms with Gasteiger partial charge in [-0.1, -0.05) is 78.4 Å². The lowest BCUT2D eigenvalue weighted by Gasteiger charge is -2.28. The van der Waals surface area contributed by atoms with Crippen LogP contribution in [0.2, 0.25) is 0 Å². The average Bonchev–Trinajstić information content (AvgIpc) is 2.74. The molecule has 3 nitrogen and oxygen atoms in total.